The van der Waals surface area contributed by atoms with Crippen LogP contribution in [0.15, 0.2) is 89.7 Å². The zero-order valence-corrected chi connectivity index (χ0v) is 27.2. The Hall–Kier alpha value is -3.03. The van der Waals surface area contributed by atoms with Crippen molar-refractivity contribution in [3.05, 3.63) is 123 Å². The van der Waals surface area contributed by atoms with Gasteiger partial charge in [-0.1, -0.05) is 116 Å². The van der Waals surface area contributed by atoms with Crippen LogP contribution in [0.2, 0.25) is 5.02 Å². The summed E-state index contributed by atoms with van der Waals surface area (Å²) >= 11 is 6.95. The van der Waals surface area contributed by atoms with Crippen LogP contribution in [-0.4, -0.2) is 0 Å². The molecule has 3 aromatic carbocycles. The Morgan fingerprint density at radius 2 is 1.71 bits per heavy atom. The van der Waals surface area contributed by atoms with E-state index in [1.807, 2.05) is 20.8 Å². The van der Waals surface area contributed by atoms with Gasteiger partial charge in [0.25, 0.3) is 0 Å². The van der Waals surface area contributed by atoms with Gasteiger partial charge in [0.05, 0.1) is 0 Å². The molecule has 0 spiro atoms. The van der Waals surface area contributed by atoms with Crippen molar-refractivity contribution in [3.8, 4) is 0 Å². The average molecular weight is 568 g/mol. The Balaban J connectivity index is 0.00000226. The van der Waals surface area contributed by atoms with E-state index in [9.17, 15) is 0 Å². The summed E-state index contributed by atoms with van der Waals surface area (Å²) in [6, 6.07) is 17.7. The van der Waals surface area contributed by atoms with Gasteiger partial charge in [-0.05, 0) is 117 Å². The van der Waals surface area contributed by atoms with Crippen LogP contribution in [0.4, 0.5) is 0 Å². The number of nitrogens with two attached hydrogens (primary N) is 1. The predicted octanol–water partition coefficient (Wildman–Crippen LogP) is 12.0. The lowest BCUT2D eigenvalue weighted by atomic mass is 9.80. The molecule has 0 saturated heterocycles. The molecule has 0 aromatic heterocycles. The molecule has 0 aliphatic heterocycles. The monoisotopic (exact) mass is 567 g/mol. The number of hydrogen-bond acceptors (Lipinski definition) is 1. The van der Waals surface area contributed by atoms with Gasteiger partial charge in [-0.3, -0.25) is 0 Å². The number of fused-ring (bicyclic) bond motifs is 1. The van der Waals surface area contributed by atoms with Crippen LogP contribution in [0.25, 0.3) is 16.3 Å². The van der Waals surface area contributed by atoms with Crippen molar-refractivity contribution < 1.29 is 0 Å². The quantitative estimate of drug-likeness (QED) is 0.181. The standard InChI is InChI=1S/C37H44ClN.C2H6/c1-6-8-9-14-30-20-19-28(7-2)37(30)36-26(4)32(22-23-35(36)38)33(27(5)39)17-11-10-13-29-15-12-16-31-24-25(3)18-21-34(29)31;1-2/h6,8,12,15-16,18-24,37H,7,9-11,13-14,17,39H2,1-5H3;1-2H3/b8-6-,33-27+;. The normalized spacial score (nSPS) is 15.5. The van der Waals surface area contributed by atoms with Crippen LogP contribution in [0.3, 0.4) is 0 Å². The van der Waals surface area contributed by atoms with Gasteiger partial charge in [0, 0.05) is 16.6 Å². The molecular formula is C39H50ClN. The Bertz CT molecular complexity index is 1450. The third kappa shape index (κ3) is 7.83. The molecule has 0 fully saturated rings. The molecular weight excluding hydrogens is 518 g/mol. The van der Waals surface area contributed by atoms with Crippen LogP contribution in [0.1, 0.15) is 107 Å². The summed E-state index contributed by atoms with van der Waals surface area (Å²) in [7, 11) is 0. The zero-order chi connectivity index (χ0) is 29.9. The second-order valence-electron chi connectivity index (χ2n) is 11.0. The number of unbranched alkanes of at least 4 members (excludes halogenated alkanes) is 1. The maximum absolute atomic E-state index is 6.95. The summed E-state index contributed by atoms with van der Waals surface area (Å²) in [5, 5.41) is 3.57. The van der Waals surface area contributed by atoms with Crippen molar-refractivity contribution in [2.24, 2.45) is 5.73 Å². The van der Waals surface area contributed by atoms with Crippen molar-refractivity contribution >= 4 is 27.9 Å². The molecule has 3 aromatic rings. The maximum atomic E-state index is 6.95. The Labute approximate surface area is 254 Å². The van der Waals surface area contributed by atoms with Crippen LogP contribution in [-0.2, 0) is 6.42 Å². The second kappa shape index (κ2) is 15.8. The van der Waals surface area contributed by atoms with Crippen molar-refractivity contribution in [1.29, 1.82) is 0 Å². The molecule has 0 radical (unpaired) electrons. The molecule has 2 N–H and O–H groups in total. The molecule has 2 heteroatoms. The van der Waals surface area contributed by atoms with E-state index in [2.05, 4.69) is 101 Å². The minimum absolute atomic E-state index is 0.266. The van der Waals surface area contributed by atoms with Gasteiger partial charge in [-0.2, -0.15) is 0 Å². The number of rotatable bonds is 11. The first-order valence-corrected chi connectivity index (χ1v) is 16.0. The number of hydrogen-bond donors (Lipinski definition) is 1. The highest BCUT2D eigenvalue weighted by atomic mass is 35.5. The van der Waals surface area contributed by atoms with Gasteiger partial charge in [-0.15, -0.1) is 0 Å². The highest BCUT2D eigenvalue weighted by Crippen LogP contribution is 2.46. The summed E-state index contributed by atoms with van der Waals surface area (Å²) in [4.78, 5) is 0. The molecule has 41 heavy (non-hydrogen) atoms. The minimum Gasteiger partial charge on any atom is -0.402 e. The van der Waals surface area contributed by atoms with Gasteiger partial charge in [-0.25, -0.2) is 0 Å². The molecule has 1 atom stereocenters. The zero-order valence-electron chi connectivity index (χ0n) is 26.4. The van der Waals surface area contributed by atoms with E-state index >= 15 is 0 Å². The first kappa shape index (κ1) is 32.5. The molecule has 1 nitrogen and oxygen atoms in total. The summed E-state index contributed by atoms with van der Waals surface area (Å²) in [5.74, 6) is 0.266. The van der Waals surface area contributed by atoms with Crippen molar-refractivity contribution in [2.75, 3.05) is 0 Å². The summed E-state index contributed by atoms with van der Waals surface area (Å²) < 4.78 is 0. The molecule has 1 aliphatic rings. The van der Waals surface area contributed by atoms with E-state index in [4.69, 9.17) is 17.3 Å². The summed E-state index contributed by atoms with van der Waals surface area (Å²) in [6.07, 6.45) is 16.5. The van der Waals surface area contributed by atoms with Crippen LogP contribution in [0, 0.1) is 13.8 Å². The van der Waals surface area contributed by atoms with Gasteiger partial charge >= 0.3 is 0 Å². The van der Waals surface area contributed by atoms with E-state index in [0.29, 0.717) is 0 Å². The molecule has 218 valence electrons. The fourth-order valence-electron chi connectivity index (χ4n) is 6.21. The van der Waals surface area contributed by atoms with Crippen molar-refractivity contribution in [2.45, 2.75) is 99.3 Å². The second-order valence-corrected chi connectivity index (χ2v) is 11.4. The van der Waals surface area contributed by atoms with Crippen LogP contribution in [0.5, 0.6) is 0 Å². The van der Waals surface area contributed by atoms with E-state index < -0.39 is 0 Å². The first-order chi connectivity index (χ1) is 19.8. The lowest BCUT2D eigenvalue weighted by Gasteiger charge is -2.25. The number of benzene rings is 3. The van der Waals surface area contributed by atoms with Crippen molar-refractivity contribution in [3.63, 3.8) is 0 Å². The Kier molecular flexibility index (Phi) is 12.5. The van der Waals surface area contributed by atoms with E-state index in [-0.39, 0.29) is 5.92 Å². The number of allylic oxidation sites excluding steroid dienone is 8. The van der Waals surface area contributed by atoms with Crippen LogP contribution < -0.4 is 5.73 Å². The van der Waals surface area contributed by atoms with E-state index in [0.717, 1.165) is 55.7 Å². The number of halogens is 1. The van der Waals surface area contributed by atoms with E-state index in [1.165, 1.54) is 55.3 Å². The number of aryl methyl sites for hydroxylation is 2. The largest absolute Gasteiger partial charge is 0.402 e. The fraction of sp³-hybridized carbons (Fsp3) is 0.385. The third-order valence-corrected chi connectivity index (χ3v) is 8.63. The minimum atomic E-state index is 0.266. The molecule has 0 bridgehead atoms. The lowest BCUT2D eigenvalue weighted by molar-refractivity contribution is 0.754. The van der Waals surface area contributed by atoms with Gasteiger partial charge < -0.3 is 5.73 Å². The maximum Gasteiger partial charge on any atom is 0.0450 e. The smallest absolute Gasteiger partial charge is 0.0450 e. The van der Waals surface area contributed by atoms with Crippen molar-refractivity contribution in [1.82, 2.24) is 0 Å². The highest BCUT2D eigenvalue weighted by molar-refractivity contribution is 6.31. The average Bonchev–Trinajstić information content (AvgIpc) is 3.37. The lowest BCUT2D eigenvalue weighted by Crippen LogP contribution is -2.09. The molecule has 0 heterocycles. The first-order valence-electron chi connectivity index (χ1n) is 15.6. The van der Waals surface area contributed by atoms with Gasteiger partial charge in [0.15, 0.2) is 0 Å². The van der Waals surface area contributed by atoms with Gasteiger partial charge in [0.1, 0.15) is 0 Å². The molecule has 0 amide bonds. The fourth-order valence-corrected chi connectivity index (χ4v) is 6.52. The van der Waals surface area contributed by atoms with Gasteiger partial charge in [0.2, 0.25) is 0 Å². The topological polar surface area (TPSA) is 26.0 Å². The van der Waals surface area contributed by atoms with E-state index in [1.54, 1.807) is 0 Å². The predicted molar refractivity (Wildman–Crippen MR) is 184 cm³/mol. The summed E-state index contributed by atoms with van der Waals surface area (Å²) in [6.45, 7) is 14.8. The molecule has 0 saturated carbocycles. The van der Waals surface area contributed by atoms with Crippen LogP contribution >= 0.6 is 11.6 Å². The molecule has 4 rings (SSSR count). The Morgan fingerprint density at radius 3 is 2.41 bits per heavy atom. The highest BCUT2D eigenvalue weighted by Gasteiger charge is 2.28. The molecule has 1 unspecified atom stereocenters. The third-order valence-electron chi connectivity index (χ3n) is 8.30. The SMILES string of the molecule is C/C=C\CCC1=CC=C(CC)C1c1c(Cl)ccc(/C(CCCCc2cccc3cc(C)ccc23)=C(\C)N)c1C.CC. The summed E-state index contributed by atoms with van der Waals surface area (Å²) in [5.41, 5.74) is 18.2. The molecule has 1 aliphatic carbocycles. The Morgan fingerprint density at radius 1 is 0.951 bits per heavy atom.